The summed E-state index contributed by atoms with van der Waals surface area (Å²) < 4.78 is 26.6. The van der Waals surface area contributed by atoms with Crippen LogP contribution in [0.5, 0.6) is 0 Å². The maximum Gasteiger partial charge on any atom is 0.278 e. The first-order valence-corrected chi connectivity index (χ1v) is 3.99. The van der Waals surface area contributed by atoms with Gasteiger partial charge in [-0.1, -0.05) is 6.08 Å². The molecule has 0 unspecified atom stereocenters. The summed E-state index contributed by atoms with van der Waals surface area (Å²) in [5.41, 5.74) is 0.351. The molecule has 70 valence electrons. The quantitative estimate of drug-likeness (QED) is 0.656. The van der Waals surface area contributed by atoms with Crippen molar-refractivity contribution in [2.75, 3.05) is 0 Å². The third-order valence-corrected chi connectivity index (χ3v) is 1.80. The number of allylic oxidation sites excluding steroid dienone is 1. The number of aryl methyl sites for hydroxylation is 1. The Labute approximate surface area is 76.1 Å². The molecule has 13 heavy (non-hydrogen) atoms. The van der Waals surface area contributed by atoms with Gasteiger partial charge in [0.2, 0.25) is 0 Å². The fourth-order valence-corrected chi connectivity index (χ4v) is 1.16. The van der Waals surface area contributed by atoms with Crippen molar-refractivity contribution in [2.24, 2.45) is 0 Å². The van der Waals surface area contributed by atoms with Crippen LogP contribution < -0.4 is 0 Å². The van der Waals surface area contributed by atoms with E-state index in [0.29, 0.717) is 5.69 Å². The second-order valence-electron chi connectivity index (χ2n) is 2.83. The van der Waals surface area contributed by atoms with Crippen molar-refractivity contribution < 1.29 is 8.78 Å². The maximum atomic E-state index is 13.3. The highest BCUT2D eigenvalue weighted by Crippen LogP contribution is 2.32. The number of aromatic nitrogens is 1. The molecule has 1 aromatic rings. The summed E-state index contributed by atoms with van der Waals surface area (Å²) in [5.74, 6) is -2.85. The lowest BCUT2D eigenvalue weighted by atomic mass is 10.0. The summed E-state index contributed by atoms with van der Waals surface area (Å²) in [6.45, 7) is 4.88. The van der Waals surface area contributed by atoms with E-state index in [-0.39, 0.29) is 12.0 Å². The summed E-state index contributed by atoms with van der Waals surface area (Å²) in [7, 11) is 0. The Kier molecular flexibility index (Phi) is 2.76. The van der Waals surface area contributed by atoms with Crippen LogP contribution in [0.25, 0.3) is 0 Å². The number of hydrogen-bond acceptors (Lipinski definition) is 1. The highest BCUT2D eigenvalue weighted by atomic mass is 19.3. The van der Waals surface area contributed by atoms with E-state index >= 15 is 0 Å². The molecule has 0 aliphatic rings. The van der Waals surface area contributed by atoms with Crippen LogP contribution in [-0.2, 0) is 5.92 Å². The molecule has 1 aromatic heterocycles. The molecular formula is C10H11F2N. The summed E-state index contributed by atoms with van der Waals surface area (Å²) in [5, 5.41) is 0. The smallest absolute Gasteiger partial charge is 0.261 e. The molecule has 0 bridgehead atoms. The van der Waals surface area contributed by atoms with E-state index in [2.05, 4.69) is 11.6 Å². The van der Waals surface area contributed by atoms with Gasteiger partial charge < -0.3 is 0 Å². The fraction of sp³-hybridized carbons (Fsp3) is 0.300. The van der Waals surface area contributed by atoms with Gasteiger partial charge in [0.05, 0.1) is 0 Å². The van der Waals surface area contributed by atoms with Gasteiger partial charge in [0, 0.05) is 23.9 Å². The topological polar surface area (TPSA) is 12.9 Å². The third kappa shape index (κ3) is 2.11. The lowest BCUT2D eigenvalue weighted by Gasteiger charge is -2.15. The molecule has 0 spiro atoms. The third-order valence-electron chi connectivity index (χ3n) is 1.80. The Hall–Kier alpha value is -1.25. The van der Waals surface area contributed by atoms with E-state index in [1.807, 2.05) is 0 Å². The molecule has 0 aromatic carbocycles. The van der Waals surface area contributed by atoms with E-state index in [1.165, 1.54) is 24.4 Å². The number of halogens is 2. The molecular weight excluding hydrogens is 172 g/mol. The largest absolute Gasteiger partial charge is 0.278 e. The zero-order valence-electron chi connectivity index (χ0n) is 7.43. The first-order valence-electron chi connectivity index (χ1n) is 3.99. The summed E-state index contributed by atoms with van der Waals surface area (Å²) in [6.07, 6.45) is 2.37. The van der Waals surface area contributed by atoms with Crippen molar-refractivity contribution in [3.63, 3.8) is 0 Å². The Morgan fingerprint density at radius 1 is 1.62 bits per heavy atom. The van der Waals surface area contributed by atoms with E-state index in [4.69, 9.17) is 0 Å². The minimum Gasteiger partial charge on any atom is -0.261 e. The number of rotatable bonds is 3. The Morgan fingerprint density at radius 2 is 2.31 bits per heavy atom. The van der Waals surface area contributed by atoms with Gasteiger partial charge in [-0.15, -0.1) is 6.58 Å². The highest BCUT2D eigenvalue weighted by Gasteiger charge is 2.31. The number of pyridine rings is 1. The van der Waals surface area contributed by atoms with Crippen molar-refractivity contribution in [3.05, 3.63) is 42.2 Å². The Balaban J connectivity index is 3.06. The van der Waals surface area contributed by atoms with Gasteiger partial charge in [0.15, 0.2) is 0 Å². The van der Waals surface area contributed by atoms with Gasteiger partial charge in [-0.2, -0.15) is 0 Å². The second kappa shape index (κ2) is 3.64. The van der Waals surface area contributed by atoms with Gasteiger partial charge in [-0.3, -0.25) is 4.98 Å². The SMILES string of the molecule is C=CCC(F)(F)c1cccnc1C. The lowest BCUT2D eigenvalue weighted by molar-refractivity contribution is -0.00186. The molecule has 0 aliphatic heterocycles. The van der Waals surface area contributed by atoms with Crippen LogP contribution in [0, 0.1) is 6.92 Å². The second-order valence-corrected chi connectivity index (χ2v) is 2.83. The van der Waals surface area contributed by atoms with Crippen LogP contribution in [0.15, 0.2) is 31.0 Å². The maximum absolute atomic E-state index is 13.3. The zero-order chi connectivity index (χ0) is 9.90. The van der Waals surface area contributed by atoms with Crippen LogP contribution in [0.2, 0.25) is 0 Å². The first kappa shape index (κ1) is 9.84. The van der Waals surface area contributed by atoms with E-state index < -0.39 is 5.92 Å². The molecule has 1 heterocycles. The minimum absolute atomic E-state index is 0.0186. The van der Waals surface area contributed by atoms with Crippen LogP contribution in [-0.4, -0.2) is 4.98 Å². The van der Waals surface area contributed by atoms with E-state index in [0.717, 1.165) is 0 Å². The van der Waals surface area contributed by atoms with Crippen molar-refractivity contribution in [1.82, 2.24) is 4.98 Å². The van der Waals surface area contributed by atoms with E-state index in [1.54, 1.807) is 6.92 Å². The zero-order valence-corrected chi connectivity index (χ0v) is 7.43. The Bertz CT molecular complexity index is 308. The average Bonchev–Trinajstić information content (AvgIpc) is 2.04. The fourth-order valence-electron chi connectivity index (χ4n) is 1.16. The monoisotopic (exact) mass is 183 g/mol. The molecule has 1 nitrogen and oxygen atoms in total. The van der Waals surface area contributed by atoms with Crippen LogP contribution >= 0.6 is 0 Å². The number of alkyl halides is 2. The number of hydrogen-bond donors (Lipinski definition) is 0. The molecule has 1 rings (SSSR count). The molecule has 0 N–H and O–H groups in total. The van der Waals surface area contributed by atoms with Gasteiger partial charge >= 0.3 is 0 Å². The van der Waals surface area contributed by atoms with Crippen molar-refractivity contribution in [3.8, 4) is 0 Å². The van der Waals surface area contributed by atoms with E-state index in [9.17, 15) is 8.78 Å². The molecule has 3 heteroatoms. The van der Waals surface area contributed by atoms with Gasteiger partial charge in [-0.25, -0.2) is 8.78 Å². The van der Waals surface area contributed by atoms with Crippen LogP contribution in [0.1, 0.15) is 17.7 Å². The van der Waals surface area contributed by atoms with Crippen molar-refractivity contribution >= 4 is 0 Å². The summed E-state index contributed by atoms with van der Waals surface area (Å²) in [6, 6.07) is 2.91. The summed E-state index contributed by atoms with van der Waals surface area (Å²) >= 11 is 0. The predicted molar refractivity (Wildman–Crippen MR) is 47.7 cm³/mol. The van der Waals surface area contributed by atoms with Gasteiger partial charge in [-0.05, 0) is 19.1 Å². The molecule has 0 saturated carbocycles. The highest BCUT2D eigenvalue weighted by molar-refractivity contribution is 5.24. The van der Waals surface area contributed by atoms with Crippen molar-refractivity contribution in [2.45, 2.75) is 19.3 Å². The normalized spacial score (nSPS) is 11.3. The Morgan fingerprint density at radius 3 is 2.85 bits per heavy atom. The average molecular weight is 183 g/mol. The molecule has 0 atom stereocenters. The van der Waals surface area contributed by atoms with Gasteiger partial charge in [0.25, 0.3) is 5.92 Å². The molecule has 0 aliphatic carbocycles. The van der Waals surface area contributed by atoms with Crippen LogP contribution in [0.4, 0.5) is 8.78 Å². The molecule has 0 amide bonds. The van der Waals surface area contributed by atoms with Gasteiger partial charge in [0.1, 0.15) is 0 Å². The molecule has 0 radical (unpaired) electrons. The lowest BCUT2D eigenvalue weighted by Crippen LogP contribution is -2.14. The number of nitrogens with zero attached hydrogens (tertiary/aromatic N) is 1. The minimum atomic E-state index is -2.85. The predicted octanol–water partition coefficient (Wildman–Crippen LogP) is 3.06. The van der Waals surface area contributed by atoms with Crippen LogP contribution in [0.3, 0.4) is 0 Å². The standard InChI is InChI=1S/C10H11F2N/c1-3-6-10(11,12)9-5-4-7-13-8(9)2/h3-5,7H,1,6H2,2H3. The van der Waals surface area contributed by atoms with Crippen molar-refractivity contribution in [1.29, 1.82) is 0 Å². The molecule has 0 fully saturated rings. The summed E-state index contributed by atoms with van der Waals surface area (Å²) in [4.78, 5) is 3.81. The first-order chi connectivity index (χ1) is 6.08. The molecule has 0 saturated heterocycles.